The van der Waals surface area contributed by atoms with Crippen molar-refractivity contribution in [1.82, 2.24) is 14.7 Å². The lowest BCUT2D eigenvalue weighted by Crippen LogP contribution is -2.28. The number of nitrogens with one attached hydrogen (secondary N) is 2. The number of H-pyrrole nitrogens is 1. The number of rotatable bonds is 5. The third-order valence-corrected chi connectivity index (χ3v) is 4.72. The molecule has 0 fully saturated rings. The van der Waals surface area contributed by atoms with Crippen LogP contribution in [-0.4, -0.2) is 18.4 Å². The van der Waals surface area contributed by atoms with Crippen molar-refractivity contribution in [3.8, 4) is 0 Å². The molecule has 0 spiro atoms. The summed E-state index contributed by atoms with van der Waals surface area (Å²) in [5.74, 6) is 0.571. The van der Waals surface area contributed by atoms with Gasteiger partial charge in [0.05, 0.1) is 10.9 Å². The lowest BCUT2D eigenvalue weighted by Gasteiger charge is -2.14. The number of nitrogens with zero attached hydrogens (tertiary/aromatic N) is 1. The number of hydrogen-bond donors (Lipinski definition) is 3. The van der Waals surface area contributed by atoms with Gasteiger partial charge in [-0.3, -0.25) is 0 Å². The van der Waals surface area contributed by atoms with Crippen LogP contribution in [-0.2, 0) is 16.6 Å². The molecule has 6 nitrogen and oxygen atoms in total. The summed E-state index contributed by atoms with van der Waals surface area (Å²) < 4.78 is 27.5. The Balaban J connectivity index is 2.31. The second-order valence-corrected chi connectivity index (χ2v) is 6.30. The van der Waals surface area contributed by atoms with Crippen molar-refractivity contribution in [2.45, 2.75) is 31.3 Å². The normalized spacial score (nSPS) is 13.3. The number of hydrogen-bond acceptors (Lipinski definition) is 4. The monoisotopic (exact) mass is 294 g/mol. The van der Waals surface area contributed by atoms with Crippen molar-refractivity contribution in [1.29, 1.82) is 0 Å². The minimum Gasteiger partial charge on any atom is -0.347 e. The average molecular weight is 294 g/mol. The highest BCUT2D eigenvalue weighted by Crippen LogP contribution is 2.19. The summed E-state index contributed by atoms with van der Waals surface area (Å²) in [6.45, 7) is 3.79. The fraction of sp³-hybridized carbons (Fsp3) is 0.308. The Morgan fingerprint density at radius 3 is 2.80 bits per heavy atom. The Bertz CT molecular complexity index is 680. The van der Waals surface area contributed by atoms with Crippen molar-refractivity contribution in [2.24, 2.45) is 5.73 Å². The van der Waals surface area contributed by atoms with Crippen molar-refractivity contribution in [3.63, 3.8) is 0 Å². The lowest BCUT2D eigenvalue weighted by atomic mass is 10.1. The van der Waals surface area contributed by atoms with Gasteiger partial charge in [-0.2, -0.15) is 0 Å². The van der Waals surface area contributed by atoms with Gasteiger partial charge in [0.1, 0.15) is 5.82 Å². The van der Waals surface area contributed by atoms with Crippen LogP contribution in [0.15, 0.2) is 35.5 Å². The summed E-state index contributed by atoms with van der Waals surface area (Å²) in [6, 6.07) is 4.75. The standard InChI is InChI=1S/C13H18N4O2S/c1-9-3-4-11(8-14)7-12(9)20(18,19)17-10(2)13-15-5-6-16-13/h3-7,10,17H,8,14H2,1-2H3,(H,15,16). The first kappa shape index (κ1) is 14.7. The molecule has 0 saturated carbocycles. The predicted molar refractivity (Wildman–Crippen MR) is 76.4 cm³/mol. The van der Waals surface area contributed by atoms with Crippen LogP contribution >= 0.6 is 0 Å². The molecule has 4 N–H and O–H groups in total. The van der Waals surface area contributed by atoms with Crippen molar-refractivity contribution < 1.29 is 8.42 Å². The largest absolute Gasteiger partial charge is 0.347 e. The molecule has 1 aromatic heterocycles. The quantitative estimate of drug-likeness (QED) is 0.771. The molecule has 1 unspecified atom stereocenters. The molecule has 20 heavy (non-hydrogen) atoms. The van der Waals surface area contributed by atoms with E-state index in [0.717, 1.165) is 5.56 Å². The van der Waals surface area contributed by atoms with Gasteiger partial charge in [0.15, 0.2) is 0 Å². The fourth-order valence-electron chi connectivity index (χ4n) is 1.93. The van der Waals surface area contributed by atoms with E-state index in [2.05, 4.69) is 14.7 Å². The maximum atomic E-state index is 12.4. The highest BCUT2D eigenvalue weighted by Gasteiger charge is 2.21. The number of aromatic nitrogens is 2. The molecule has 1 atom stereocenters. The molecule has 1 aromatic carbocycles. The van der Waals surface area contributed by atoms with E-state index in [1.165, 1.54) is 0 Å². The van der Waals surface area contributed by atoms with E-state index in [-0.39, 0.29) is 4.90 Å². The summed E-state index contributed by atoms with van der Waals surface area (Å²) >= 11 is 0. The third kappa shape index (κ3) is 3.06. The first-order valence-electron chi connectivity index (χ1n) is 6.25. The highest BCUT2D eigenvalue weighted by molar-refractivity contribution is 7.89. The van der Waals surface area contributed by atoms with Gasteiger partial charge in [-0.05, 0) is 31.0 Å². The van der Waals surface area contributed by atoms with E-state index in [9.17, 15) is 8.42 Å². The van der Waals surface area contributed by atoms with Gasteiger partial charge in [0, 0.05) is 18.9 Å². The van der Waals surface area contributed by atoms with Crippen LogP contribution in [0, 0.1) is 6.92 Å². The Kier molecular flexibility index (Phi) is 4.22. The van der Waals surface area contributed by atoms with Crippen LogP contribution in [0.25, 0.3) is 0 Å². The minimum absolute atomic E-state index is 0.249. The van der Waals surface area contributed by atoms with Crippen LogP contribution < -0.4 is 10.5 Å². The summed E-state index contributed by atoms with van der Waals surface area (Å²) in [4.78, 5) is 7.19. The summed E-state index contributed by atoms with van der Waals surface area (Å²) in [5.41, 5.74) is 7.02. The van der Waals surface area contributed by atoms with E-state index < -0.39 is 16.1 Å². The van der Waals surface area contributed by atoms with Gasteiger partial charge in [-0.1, -0.05) is 12.1 Å². The zero-order valence-corrected chi connectivity index (χ0v) is 12.2. The molecule has 0 saturated heterocycles. The van der Waals surface area contributed by atoms with Gasteiger partial charge in [0.2, 0.25) is 10.0 Å². The maximum Gasteiger partial charge on any atom is 0.241 e. The molecule has 108 valence electrons. The number of sulfonamides is 1. The van der Waals surface area contributed by atoms with E-state index in [0.29, 0.717) is 17.9 Å². The molecule has 0 aliphatic carbocycles. The Labute approximate surface area is 118 Å². The second-order valence-electron chi connectivity index (χ2n) is 4.62. The zero-order valence-electron chi connectivity index (χ0n) is 11.4. The molecule has 0 radical (unpaired) electrons. The molecule has 1 heterocycles. The number of imidazole rings is 1. The predicted octanol–water partition coefficient (Wildman–Crippen LogP) is 1.22. The smallest absolute Gasteiger partial charge is 0.241 e. The third-order valence-electron chi connectivity index (χ3n) is 3.04. The topological polar surface area (TPSA) is 101 Å². The van der Waals surface area contributed by atoms with Gasteiger partial charge < -0.3 is 10.7 Å². The molecule has 0 aliphatic rings. The van der Waals surface area contributed by atoms with E-state index in [1.807, 2.05) is 6.07 Å². The number of benzene rings is 1. The molecular formula is C13H18N4O2S. The first-order chi connectivity index (χ1) is 9.44. The number of nitrogens with two attached hydrogens (primary N) is 1. The highest BCUT2D eigenvalue weighted by atomic mass is 32.2. The zero-order chi connectivity index (χ0) is 14.8. The molecule has 0 bridgehead atoms. The fourth-order valence-corrected chi connectivity index (χ4v) is 3.43. The van der Waals surface area contributed by atoms with Crippen LogP contribution in [0.2, 0.25) is 0 Å². The summed E-state index contributed by atoms with van der Waals surface area (Å²) in [7, 11) is -3.61. The van der Waals surface area contributed by atoms with Crippen LogP contribution in [0.3, 0.4) is 0 Å². The minimum atomic E-state index is -3.61. The Morgan fingerprint density at radius 1 is 1.45 bits per heavy atom. The Hall–Kier alpha value is -1.70. The second kappa shape index (κ2) is 5.74. The van der Waals surface area contributed by atoms with Crippen LogP contribution in [0.1, 0.15) is 29.9 Å². The van der Waals surface area contributed by atoms with Gasteiger partial charge in [-0.25, -0.2) is 18.1 Å². The van der Waals surface area contributed by atoms with Gasteiger partial charge >= 0.3 is 0 Å². The van der Waals surface area contributed by atoms with Crippen molar-refractivity contribution in [3.05, 3.63) is 47.5 Å². The van der Waals surface area contributed by atoms with E-state index in [4.69, 9.17) is 5.73 Å². The number of aryl methyl sites for hydroxylation is 1. The number of aromatic amines is 1. The molecule has 0 amide bonds. The first-order valence-corrected chi connectivity index (χ1v) is 7.73. The summed E-state index contributed by atoms with van der Waals surface area (Å²) in [6.07, 6.45) is 3.24. The SMILES string of the molecule is Cc1ccc(CN)cc1S(=O)(=O)NC(C)c1ncc[nH]1. The summed E-state index contributed by atoms with van der Waals surface area (Å²) in [5, 5.41) is 0. The van der Waals surface area contributed by atoms with Crippen molar-refractivity contribution >= 4 is 10.0 Å². The van der Waals surface area contributed by atoms with Crippen LogP contribution in [0.5, 0.6) is 0 Å². The lowest BCUT2D eigenvalue weighted by molar-refractivity contribution is 0.560. The molecule has 0 aliphatic heterocycles. The molecular weight excluding hydrogens is 276 g/mol. The molecule has 7 heteroatoms. The molecule has 2 aromatic rings. The Morgan fingerprint density at radius 2 is 2.20 bits per heavy atom. The average Bonchev–Trinajstić information content (AvgIpc) is 2.92. The van der Waals surface area contributed by atoms with E-state index >= 15 is 0 Å². The maximum absolute atomic E-state index is 12.4. The van der Waals surface area contributed by atoms with Gasteiger partial charge in [0.25, 0.3) is 0 Å². The van der Waals surface area contributed by atoms with E-state index in [1.54, 1.807) is 38.4 Å². The van der Waals surface area contributed by atoms with Crippen LogP contribution in [0.4, 0.5) is 0 Å². The molecule has 2 rings (SSSR count). The van der Waals surface area contributed by atoms with Crippen molar-refractivity contribution in [2.75, 3.05) is 0 Å². The van der Waals surface area contributed by atoms with Gasteiger partial charge in [-0.15, -0.1) is 0 Å².